The fourth-order valence-corrected chi connectivity index (χ4v) is 3.76. The number of ether oxygens (including phenoxy) is 1. The van der Waals surface area contributed by atoms with E-state index in [1.165, 1.54) is 4.57 Å². The van der Waals surface area contributed by atoms with Gasteiger partial charge in [-0.3, -0.25) is 14.2 Å². The molecule has 1 aromatic heterocycles. The van der Waals surface area contributed by atoms with Crippen molar-refractivity contribution >= 4 is 40.0 Å². The molecule has 0 N–H and O–H groups in total. The molecule has 0 aliphatic heterocycles. The standard InChI is InChI=1S/C24H27Cl2N3O3/c1-15(2)11-12-29(22(30)14-32-19-8-5-17(25)6-9-19)16(3)23-27-21-13-18(26)7-10-20(21)24(31)28(23)4/h5-10,13,15-16H,11-12,14H2,1-4H3. The summed E-state index contributed by atoms with van der Waals surface area (Å²) in [5.74, 6) is 1.27. The van der Waals surface area contributed by atoms with Gasteiger partial charge in [-0.15, -0.1) is 0 Å². The molecule has 1 unspecified atom stereocenters. The van der Waals surface area contributed by atoms with Gasteiger partial charge >= 0.3 is 0 Å². The molecule has 1 heterocycles. The number of benzene rings is 2. The van der Waals surface area contributed by atoms with Crippen LogP contribution < -0.4 is 10.3 Å². The molecular weight excluding hydrogens is 449 g/mol. The summed E-state index contributed by atoms with van der Waals surface area (Å²) in [6, 6.07) is 11.4. The molecule has 0 radical (unpaired) electrons. The topological polar surface area (TPSA) is 64.4 Å². The Morgan fingerprint density at radius 1 is 1.09 bits per heavy atom. The first kappa shape index (κ1) is 24.1. The van der Waals surface area contributed by atoms with Crippen LogP contribution in [-0.4, -0.2) is 33.5 Å². The number of amides is 1. The van der Waals surface area contributed by atoms with Crippen molar-refractivity contribution in [1.82, 2.24) is 14.5 Å². The molecule has 8 heteroatoms. The van der Waals surface area contributed by atoms with Crippen LogP contribution in [0.25, 0.3) is 10.9 Å². The minimum atomic E-state index is -0.434. The Morgan fingerprint density at radius 3 is 2.41 bits per heavy atom. The van der Waals surface area contributed by atoms with E-state index >= 15 is 0 Å². The van der Waals surface area contributed by atoms with Gasteiger partial charge in [0, 0.05) is 23.6 Å². The number of carbonyl (C=O) groups excluding carboxylic acids is 1. The Hall–Kier alpha value is -2.57. The molecule has 3 rings (SSSR count). The highest BCUT2D eigenvalue weighted by atomic mass is 35.5. The largest absolute Gasteiger partial charge is 0.484 e. The summed E-state index contributed by atoms with van der Waals surface area (Å²) in [6.45, 7) is 6.47. The second-order valence-electron chi connectivity index (χ2n) is 8.18. The van der Waals surface area contributed by atoms with Crippen LogP contribution in [0.2, 0.25) is 10.0 Å². The summed E-state index contributed by atoms with van der Waals surface area (Å²) < 4.78 is 7.18. The van der Waals surface area contributed by atoms with Crippen molar-refractivity contribution < 1.29 is 9.53 Å². The average molecular weight is 476 g/mol. The van der Waals surface area contributed by atoms with Crippen LogP contribution in [0, 0.1) is 5.92 Å². The minimum absolute atomic E-state index is 0.128. The van der Waals surface area contributed by atoms with Gasteiger partial charge in [-0.05, 0) is 61.7 Å². The molecule has 0 aliphatic rings. The van der Waals surface area contributed by atoms with Crippen molar-refractivity contribution in [2.45, 2.75) is 33.2 Å². The zero-order chi connectivity index (χ0) is 23.4. The van der Waals surface area contributed by atoms with Crippen LogP contribution >= 0.6 is 23.2 Å². The van der Waals surface area contributed by atoms with Gasteiger partial charge in [0.2, 0.25) is 0 Å². The molecule has 0 aliphatic carbocycles. The van der Waals surface area contributed by atoms with Crippen molar-refractivity contribution in [2.75, 3.05) is 13.2 Å². The van der Waals surface area contributed by atoms with Gasteiger partial charge in [0.15, 0.2) is 6.61 Å². The van der Waals surface area contributed by atoms with E-state index in [-0.39, 0.29) is 18.1 Å². The number of nitrogens with zero attached hydrogens (tertiary/aromatic N) is 3. The fraction of sp³-hybridized carbons (Fsp3) is 0.375. The summed E-state index contributed by atoms with van der Waals surface area (Å²) >= 11 is 12.0. The smallest absolute Gasteiger partial charge is 0.261 e. The summed E-state index contributed by atoms with van der Waals surface area (Å²) in [4.78, 5) is 32.5. The molecule has 32 heavy (non-hydrogen) atoms. The van der Waals surface area contributed by atoms with Crippen LogP contribution in [0.1, 0.15) is 39.1 Å². The monoisotopic (exact) mass is 475 g/mol. The van der Waals surface area contributed by atoms with E-state index in [1.807, 2.05) is 6.92 Å². The molecule has 0 saturated carbocycles. The molecule has 1 atom stereocenters. The quantitative estimate of drug-likeness (QED) is 0.445. The highest BCUT2D eigenvalue weighted by Gasteiger charge is 2.26. The van der Waals surface area contributed by atoms with E-state index < -0.39 is 6.04 Å². The zero-order valence-electron chi connectivity index (χ0n) is 18.6. The molecule has 0 bridgehead atoms. The molecule has 170 valence electrons. The Bertz CT molecular complexity index is 1160. The van der Waals surface area contributed by atoms with E-state index in [0.717, 1.165) is 6.42 Å². The van der Waals surface area contributed by atoms with Crippen LogP contribution in [0.3, 0.4) is 0 Å². The Kier molecular flexibility index (Phi) is 7.80. The van der Waals surface area contributed by atoms with Gasteiger partial charge in [-0.1, -0.05) is 37.0 Å². The summed E-state index contributed by atoms with van der Waals surface area (Å²) in [6.07, 6.45) is 0.810. The average Bonchev–Trinajstić information content (AvgIpc) is 2.75. The maximum atomic E-state index is 13.2. The number of aromatic nitrogens is 2. The molecule has 6 nitrogen and oxygen atoms in total. The van der Waals surface area contributed by atoms with Gasteiger partial charge in [0.1, 0.15) is 11.6 Å². The third-order valence-corrected chi connectivity index (χ3v) is 5.85. The maximum Gasteiger partial charge on any atom is 0.261 e. The van der Waals surface area contributed by atoms with E-state index in [4.69, 9.17) is 27.9 Å². The number of fused-ring (bicyclic) bond motifs is 1. The van der Waals surface area contributed by atoms with Crippen molar-refractivity contribution in [3.8, 4) is 5.75 Å². The lowest BCUT2D eigenvalue weighted by atomic mass is 10.1. The predicted octanol–water partition coefficient (Wildman–Crippen LogP) is 5.26. The molecule has 3 aromatic rings. The predicted molar refractivity (Wildman–Crippen MR) is 129 cm³/mol. The van der Waals surface area contributed by atoms with Gasteiger partial charge in [0.25, 0.3) is 11.5 Å². The zero-order valence-corrected chi connectivity index (χ0v) is 20.2. The SMILES string of the molecule is CC(C)CCN(C(=O)COc1ccc(Cl)cc1)C(C)c1nc2cc(Cl)ccc2c(=O)n1C. The van der Waals surface area contributed by atoms with Crippen molar-refractivity contribution in [1.29, 1.82) is 0 Å². The number of hydrogen-bond donors (Lipinski definition) is 0. The number of carbonyl (C=O) groups is 1. The van der Waals surface area contributed by atoms with E-state index in [9.17, 15) is 9.59 Å². The van der Waals surface area contributed by atoms with E-state index in [0.29, 0.717) is 45.0 Å². The third-order valence-electron chi connectivity index (χ3n) is 5.36. The number of rotatable bonds is 8. The van der Waals surface area contributed by atoms with Crippen molar-refractivity contribution in [3.05, 3.63) is 68.7 Å². The lowest BCUT2D eigenvalue weighted by Gasteiger charge is -2.30. The fourth-order valence-electron chi connectivity index (χ4n) is 3.46. The summed E-state index contributed by atoms with van der Waals surface area (Å²) in [5, 5.41) is 1.58. The second kappa shape index (κ2) is 10.4. The van der Waals surface area contributed by atoms with Gasteiger partial charge in [0.05, 0.1) is 16.9 Å². The third kappa shape index (κ3) is 5.61. The van der Waals surface area contributed by atoms with E-state index in [1.54, 1.807) is 54.4 Å². The van der Waals surface area contributed by atoms with Crippen molar-refractivity contribution in [3.63, 3.8) is 0 Å². The highest BCUT2D eigenvalue weighted by Crippen LogP contribution is 2.23. The normalized spacial score (nSPS) is 12.2. The van der Waals surface area contributed by atoms with Crippen LogP contribution in [-0.2, 0) is 11.8 Å². The van der Waals surface area contributed by atoms with Crippen LogP contribution in [0.15, 0.2) is 47.3 Å². The Balaban J connectivity index is 1.90. The van der Waals surface area contributed by atoms with E-state index in [2.05, 4.69) is 18.8 Å². The molecule has 0 fully saturated rings. The minimum Gasteiger partial charge on any atom is -0.484 e. The maximum absolute atomic E-state index is 13.2. The van der Waals surface area contributed by atoms with Gasteiger partial charge in [-0.2, -0.15) is 0 Å². The van der Waals surface area contributed by atoms with Crippen LogP contribution in [0.4, 0.5) is 0 Å². The molecule has 1 amide bonds. The van der Waals surface area contributed by atoms with Gasteiger partial charge < -0.3 is 9.64 Å². The second-order valence-corrected chi connectivity index (χ2v) is 9.06. The Labute approximate surface area is 197 Å². The lowest BCUT2D eigenvalue weighted by Crippen LogP contribution is -2.40. The molecule has 0 saturated heterocycles. The van der Waals surface area contributed by atoms with Gasteiger partial charge in [-0.25, -0.2) is 4.98 Å². The molecule has 0 spiro atoms. The van der Waals surface area contributed by atoms with Crippen LogP contribution in [0.5, 0.6) is 5.75 Å². The highest BCUT2D eigenvalue weighted by molar-refractivity contribution is 6.31. The number of halogens is 2. The first-order valence-electron chi connectivity index (χ1n) is 10.5. The lowest BCUT2D eigenvalue weighted by molar-refractivity contribution is -0.136. The summed E-state index contributed by atoms with van der Waals surface area (Å²) in [7, 11) is 1.67. The number of hydrogen-bond acceptors (Lipinski definition) is 4. The van der Waals surface area contributed by atoms with Crippen molar-refractivity contribution in [2.24, 2.45) is 13.0 Å². The first-order chi connectivity index (χ1) is 15.2. The first-order valence-corrected chi connectivity index (χ1v) is 11.3. The summed E-state index contributed by atoms with van der Waals surface area (Å²) in [5.41, 5.74) is 0.332. The molecule has 2 aromatic carbocycles. The Morgan fingerprint density at radius 2 is 1.75 bits per heavy atom. The molecular formula is C24H27Cl2N3O3.